The van der Waals surface area contributed by atoms with E-state index in [-0.39, 0.29) is 17.2 Å². The Kier molecular flexibility index (Phi) is 12.7. The molecule has 0 saturated heterocycles. The zero-order chi connectivity index (χ0) is 35.8. The van der Waals surface area contributed by atoms with E-state index in [1.807, 2.05) is 36.4 Å². The van der Waals surface area contributed by atoms with Gasteiger partial charge in [0.15, 0.2) is 11.1 Å². The number of ether oxygens (including phenoxy) is 4. The number of unbranched alkanes of at least 4 members (excludes halogenated alkanes) is 1. The highest BCUT2D eigenvalue weighted by molar-refractivity contribution is 8.26. The number of hydrogen-bond donors (Lipinski definition) is 2. The Bertz CT molecular complexity index is 1890. The van der Waals surface area contributed by atoms with E-state index in [4.69, 9.17) is 24.7 Å². The first-order valence-electron chi connectivity index (χ1n) is 15.7. The summed E-state index contributed by atoms with van der Waals surface area (Å²) in [5.74, 6) is -0.0199. The first-order chi connectivity index (χ1) is 24.3. The molecule has 2 aliphatic rings. The molecule has 2 heterocycles. The maximum Gasteiger partial charge on any atom is 0.356 e. The van der Waals surface area contributed by atoms with E-state index >= 15 is 0 Å². The van der Waals surface area contributed by atoms with Crippen LogP contribution in [0.2, 0.25) is 0 Å². The molecule has 258 valence electrons. The lowest BCUT2D eigenvalue weighted by Gasteiger charge is -2.14. The van der Waals surface area contributed by atoms with Gasteiger partial charge >= 0.3 is 11.9 Å². The van der Waals surface area contributed by atoms with Crippen LogP contribution in [0, 0.1) is 22.7 Å². The summed E-state index contributed by atoms with van der Waals surface area (Å²) in [5.41, 5.74) is 7.73. The molecule has 0 aromatic heterocycles. The summed E-state index contributed by atoms with van der Waals surface area (Å²) in [6.45, 7) is 5.03. The molecule has 1 atom stereocenters. The third kappa shape index (κ3) is 8.06. The van der Waals surface area contributed by atoms with Gasteiger partial charge in [0, 0.05) is 18.3 Å². The highest BCUT2D eigenvalue weighted by Crippen LogP contribution is 2.68. The second-order valence-corrected chi connectivity index (χ2v) is 15.5. The van der Waals surface area contributed by atoms with Crippen molar-refractivity contribution in [3.05, 3.63) is 73.7 Å². The molecule has 50 heavy (non-hydrogen) atoms. The second-order valence-electron chi connectivity index (χ2n) is 10.9. The average molecular weight is 747 g/mol. The second kappa shape index (κ2) is 17.2. The van der Waals surface area contributed by atoms with Crippen LogP contribution in [0.15, 0.2) is 87.7 Å². The van der Waals surface area contributed by atoms with Crippen LogP contribution in [-0.4, -0.2) is 32.7 Å². The fraction of sp³-hybridized carbons (Fsp3) is 0.278. The van der Waals surface area contributed by atoms with Crippen molar-refractivity contribution in [3.63, 3.8) is 0 Å². The van der Waals surface area contributed by atoms with Crippen LogP contribution >= 0.6 is 47.0 Å². The predicted octanol–water partition coefficient (Wildman–Crippen LogP) is 8.79. The maximum atomic E-state index is 13.2. The lowest BCUT2D eigenvalue weighted by Crippen LogP contribution is -2.12. The van der Waals surface area contributed by atoms with E-state index < -0.39 is 11.9 Å². The van der Waals surface area contributed by atoms with Crippen molar-refractivity contribution in [3.8, 4) is 35.1 Å². The van der Waals surface area contributed by atoms with Crippen LogP contribution in [0.4, 0.5) is 5.69 Å². The molecular formula is C36H34N4O6S4. The van der Waals surface area contributed by atoms with Crippen molar-refractivity contribution in [1.82, 2.24) is 0 Å². The van der Waals surface area contributed by atoms with Crippen LogP contribution in [0.3, 0.4) is 0 Å². The molecule has 10 nitrogen and oxygen atoms in total. The Morgan fingerprint density at radius 1 is 0.740 bits per heavy atom. The summed E-state index contributed by atoms with van der Waals surface area (Å²) in [4.78, 5) is 29.0. The van der Waals surface area contributed by atoms with Crippen molar-refractivity contribution >= 4 is 64.7 Å². The number of carbonyl (C=O) groups excluding carboxylic acids is 2. The van der Waals surface area contributed by atoms with Crippen LogP contribution in [0.25, 0.3) is 0 Å². The summed E-state index contributed by atoms with van der Waals surface area (Å²) in [5, 5.41) is 23.4. The standard InChI is InChI=1S/C36H34N4O6S4/c1-5-7-17-40-21-11-15-23(16-12-21)46-34(42)25(19-38)36-49-31-27(43-3)29-30(28(44-4)32(31)50-36)48-35(47-29)24(18-37)33(41)45-22-13-9-20(10-14-22)26(39)8-6-2/h9-16,26,40H,5-8,17,39H2,1-4H3. The van der Waals surface area contributed by atoms with E-state index in [9.17, 15) is 20.1 Å². The number of nitrogens with two attached hydrogens (primary N) is 1. The Hall–Kier alpha value is -4.18. The summed E-state index contributed by atoms with van der Waals surface area (Å²) in [7, 11) is 3.02. The molecule has 14 heteroatoms. The molecule has 5 rings (SSSR count). The molecule has 2 aliphatic heterocycles. The van der Waals surface area contributed by atoms with Gasteiger partial charge in [-0.3, -0.25) is 0 Å². The molecule has 0 bridgehead atoms. The molecule has 0 spiro atoms. The lowest BCUT2D eigenvalue weighted by molar-refractivity contribution is -0.130. The van der Waals surface area contributed by atoms with E-state index in [0.29, 0.717) is 51.1 Å². The van der Waals surface area contributed by atoms with Gasteiger partial charge in [-0.2, -0.15) is 10.5 Å². The number of rotatable bonds is 13. The average Bonchev–Trinajstić information content (AvgIpc) is 3.74. The Balaban J connectivity index is 1.37. The normalized spacial score (nSPS) is 13.3. The molecule has 0 amide bonds. The van der Waals surface area contributed by atoms with Gasteiger partial charge < -0.3 is 30.0 Å². The number of methoxy groups -OCH3 is 2. The van der Waals surface area contributed by atoms with Gasteiger partial charge in [-0.15, -0.1) is 0 Å². The van der Waals surface area contributed by atoms with Crippen LogP contribution < -0.4 is 30.0 Å². The third-order valence-electron chi connectivity index (χ3n) is 7.51. The Morgan fingerprint density at radius 3 is 1.56 bits per heavy atom. The maximum absolute atomic E-state index is 13.2. The van der Waals surface area contributed by atoms with Crippen LogP contribution in [0.1, 0.15) is 51.1 Å². The fourth-order valence-electron chi connectivity index (χ4n) is 4.95. The summed E-state index contributed by atoms with van der Waals surface area (Å²) in [6.07, 6.45) is 3.91. The van der Waals surface area contributed by atoms with E-state index in [2.05, 4.69) is 19.2 Å². The van der Waals surface area contributed by atoms with E-state index in [1.54, 1.807) is 24.3 Å². The molecule has 0 aliphatic carbocycles. The molecule has 3 aromatic rings. The smallest absolute Gasteiger partial charge is 0.356 e. The number of anilines is 1. The number of carbonyl (C=O) groups is 2. The molecular weight excluding hydrogens is 713 g/mol. The minimum absolute atomic E-state index is 0.109. The number of thioether (sulfide) groups is 4. The van der Waals surface area contributed by atoms with Gasteiger partial charge in [-0.1, -0.05) is 85.9 Å². The quantitative estimate of drug-likeness (QED) is 0.0562. The van der Waals surface area contributed by atoms with Crippen molar-refractivity contribution in [2.75, 3.05) is 26.1 Å². The summed E-state index contributed by atoms with van der Waals surface area (Å²) >= 11 is 4.78. The number of hydrogen-bond acceptors (Lipinski definition) is 14. The number of fused-ring (bicyclic) bond motifs is 2. The Labute approximate surface area is 308 Å². The zero-order valence-corrected chi connectivity index (χ0v) is 31.1. The number of nitriles is 2. The minimum atomic E-state index is -0.792. The monoisotopic (exact) mass is 746 g/mol. The predicted molar refractivity (Wildman–Crippen MR) is 198 cm³/mol. The van der Waals surface area contributed by atoms with Crippen molar-refractivity contribution in [1.29, 1.82) is 10.5 Å². The molecule has 0 radical (unpaired) electrons. The van der Waals surface area contributed by atoms with E-state index in [1.165, 1.54) is 61.3 Å². The molecule has 3 N–H and O–H groups in total. The first kappa shape index (κ1) is 37.1. The molecule has 1 unspecified atom stereocenters. The van der Waals surface area contributed by atoms with Gasteiger partial charge in [0.25, 0.3) is 0 Å². The topological polar surface area (TPSA) is 157 Å². The fourth-order valence-corrected chi connectivity index (χ4v) is 10.4. The van der Waals surface area contributed by atoms with Gasteiger partial charge in [-0.05, 0) is 54.8 Å². The van der Waals surface area contributed by atoms with Crippen molar-refractivity contribution < 1.29 is 28.5 Å². The lowest BCUT2D eigenvalue weighted by atomic mass is 10.0. The highest BCUT2D eigenvalue weighted by Gasteiger charge is 2.39. The van der Waals surface area contributed by atoms with Crippen LogP contribution in [-0.2, 0) is 9.59 Å². The summed E-state index contributed by atoms with van der Waals surface area (Å²) < 4.78 is 23.7. The van der Waals surface area contributed by atoms with Crippen LogP contribution in [0.5, 0.6) is 23.0 Å². The SMILES string of the molecule is CCCCNc1ccc(OC(=O)C(C#N)=C2Sc3c(OC)c4c(c(OC)c3S2)SC(=C(C#N)C(=O)Oc2ccc(C(N)CCC)cc2)S4)cc1. The number of nitrogens with one attached hydrogen (secondary N) is 1. The molecule has 0 fully saturated rings. The number of nitrogens with zero attached hydrogens (tertiary/aromatic N) is 2. The van der Waals surface area contributed by atoms with Gasteiger partial charge in [0.05, 0.1) is 42.3 Å². The first-order valence-corrected chi connectivity index (χ1v) is 19.0. The number of esters is 2. The largest absolute Gasteiger partial charge is 0.494 e. The molecule has 0 saturated carbocycles. The Morgan fingerprint density at radius 2 is 1.18 bits per heavy atom. The molecule has 3 aromatic carbocycles. The van der Waals surface area contributed by atoms with Gasteiger partial charge in [-0.25, -0.2) is 9.59 Å². The summed E-state index contributed by atoms with van der Waals surface area (Å²) in [6, 6.07) is 17.9. The van der Waals surface area contributed by atoms with Gasteiger partial charge in [0.2, 0.25) is 0 Å². The van der Waals surface area contributed by atoms with E-state index in [0.717, 1.165) is 43.5 Å². The minimum Gasteiger partial charge on any atom is -0.494 e. The van der Waals surface area contributed by atoms with Gasteiger partial charge in [0.1, 0.15) is 35.1 Å². The zero-order valence-electron chi connectivity index (χ0n) is 27.8. The van der Waals surface area contributed by atoms with Crippen molar-refractivity contribution in [2.45, 2.75) is 65.2 Å². The van der Waals surface area contributed by atoms with Crippen molar-refractivity contribution in [2.24, 2.45) is 5.73 Å². The number of benzene rings is 3. The third-order valence-corrected chi connectivity index (χ3v) is 12.7. The highest BCUT2D eigenvalue weighted by atomic mass is 32.2.